The van der Waals surface area contributed by atoms with Crippen LogP contribution >= 0.6 is 0 Å². The van der Waals surface area contributed by atoms with Crippen molar-refractivity contribution in [1.82, 2.24) is 0 Å². The molecule has 2 bridgehead atoms. The Labute approximate surface area is 250 Å². The number of ether oxygens (including phenoxy) is 4. The highest BCUT2D eigenvalue weighted by molar-refractivity contribution is 5.78. The lowest BCUT2D eigenvalue weighted by Crippen LogP contribution is -2.58. The van der Waals surface area contributed by atoms with Crippen molar-refractivity contribution in [2.75, 3.05) is 6.61 Å². The van der Waals surface area contributed by atoms with Crippen LogP contribution in [-0.2, 0) is 23.7 Å². The number of hydrogen-bond donors (Lipinski definition) is 3. The molecule has 234 valence electrons. The van der Waals surface area contributed by atoms with E-state index in [0.29, 0.717) is 48.7 Å². The van der Waals surface area contributed by atoms with E-state index in [1.165, 1.54) is 0 Å². The van der Waals surface area contributed by atoms with Crippen LogP contribution in [-0.4, -0.2) is 75.9 Å². The smallest absolute Gasteiger partial charge is 0.316 e. The molecule has 8 nitrogen and oxygen atoms in total. The van der Waals surface area contributed by atoms with Crippen LogP contribution in [0.1, 0.15) is 80.1 Å². The standard InChI is InChI=1S/C34H50O8/c1-7-19(2)30-22(5)13-14-33(42-30)17-26-16-25(41-33)12-11-21(4)28(35)20(3)9-8-10-24-18-39-31-29(36)23(6)15-27(32(37)40-26)34(24,31)38/h8-11,15,19-20,22,25-31,35-36,38H,7,12-14,16-18H2,1-6H3/b9-8+,21-11?,24-10+/t19-,20-,22-,25+,26-,27-,28-,29+,30+,31+,33+,34+/m0/s1. The molecule has 1 spiro atoms. The molecule has 12 atom stereocenters. The molecule has 3 N–H and O–H groups in total. The fourth-order valence-corrected chi connectivity index (χ4v) is 7.55. The van der Waals surface area contributed by atoms with Gasteiger partial charge in [0.25, 0.3) is 0 Å². The summed E-state index contributed by atoms with van der Waals surface area (Å²) in [5.74, 6) is -1.88. The molecule has 0 amide bonds. The molecule has 5 rings (SSSR count). The molecule has 0 aromatic heterocycles. The molecule has 42 heavy (non-hydrogen) atoms. The Balaban J connectivity index is 1.53. The van der Waals surface area contributed by atoms with E-state index in [1.54, 1.807) is 25.2 Å². The Morgan fingerprint density at radius 1 is 1.10 bits per heavy atom. The predicted octanol–water partition coefficient (Wildman–Crippen LogP) is 4.53. The number of esters is 1. The molecule has 0 aromatic carbocycles. The molecule has 0 aromatic rings. The van der Waals surface area contributed by atoms with Crippen LogP contribution in [0.5, 0.6) is 0 Å². The van der Waals surface area contributed by atoms with E-state index in [-0.39, 0.29) is 24.7 Å². The lowest BCUT2D eigenvalue weighted by atomic mass is 9.71. The molecule has 3 saturated heterocycles. The van der Waals surface area contributed by atoms with Gasteiger partial charge >= 0.3 is 5.97 Å². The van der Waals surface area contributed by atoms with Crippen molar-refractivity contribution in [3.05, 3.63) is 47.1 Å². The second-order valence-electron chi connectivity index (χ2n) is 13.6. The Bertz CT molecular complexity index is 1140. The van der Waals surface area contributed by atoms with Gasteiger partial charge in [0.2, 0.25) is 0 Å². The minimum atomic E-state index is -1.75. The average molecular weight is 587 g/mol. The van der Waals surface area contributed by atoms with E-state index in [1.807, 2.05) is 26.0 Å². The second kappa shape index (κ2) is 12.3. The Morgan fingerprint density at radius 3 is 2.60 bits per heavy atom. The van der Waals surface area contributed by atoms with Gasteiger partial charge in [-0.05, 0) is 55.2 Å². The minimum Gasteiger partial charge on any atom is -0.462 e. The molecule has 1 aliphatic carbocycles. The molecular formula is C34H50O8. The van der Waals surface area contributed by atoms with Gasteiger partial charge in [0.15, 0.2) is 5.79 Å². The molecule has 0 saturated carbocycles. The number of rotatable bonds is 2. The van der Waals surface area contributed by atoms with E-state index in [0.717, 1.165) is 18.4 Å². The van der Waals surface area contributed by atoms with Crippen molar-refractivity contribution in [1.29, 1.82) is 0 Å². The summed E-state index contributed by atoms with van der Waals surface area (Å²) in [6.07, 6.45) is 9.73. The van der Waals surface area contributed by atoms with Crippen molar-refractivity contribution in [3.8, 4) is 0 Å². The zero-order valence-corrected chi connectivity index (χ0v) is 26.0. The summed E-state index contributed by atoms with van der Waals surface area (Å²) in [4.78, 5) is 14.0. The predicted molar refractivity (Wildman–Crippen MR) is 158 cm³/mol. The summed E-state index contributed by atoms with van der Waals surface area (Å²) in [5.41, 5.74) is 0.156. The van der Waals surface area contributed by atoms with E-state index < -0.39 is 47.7 Å². The number of aliphatic hydroxyl groups is 3. The van der Waals surface area contributed by atoms with Crippen LogP contribution < -0.4 is 0 Å². The van der Waals surface area contributed by atoms with E-state index in [9.17, 15) is 20.1 Å². The highest BCUT2D eigenvalue weighted by Gasteiger charge is 2.60. The van der Waals surface area contributed by atoms with Gasteiger partial charge in [-0.1, -0.05) is 64.5 Å². The average Bonchev–Trinajstić information content (AvgIpc) is 3.30. The third kappa shape index (κ3) is 5.83. The fraction of sp³-hybridized carbons (Fsp3) is 0.735. The molecule has 8 heteroatoms. The van der Waals surface area contributed by atoms with Gasteiger partial charge in [0, 0.05) is 25.2 Å². The second-order valence-corrected chi connectivity index (χ2v) is 13.6. The van der Waals surface area contributed by atoms with Crippen LogP contribution in [0.3, 0.4) is 0 Å². The quantitative estimate of drug-likeness (QED) is 0.320. The highest BCUT2D eigenvalue weighted by Crippen LogP contribution is 2.47. The minimum absolute atomic E-state index is 0.0404. The maximum atomic E-state index is 14.0. The Hall–Kier alpha value is -1.81. The molecule has 0 unspecified atom stereocenters. The van der Waals surface area contributed by atoms with Crippen LogP contribution in [0.2, 0.25) is 0 Å². The van der Waals surface area contributed by atoms with Crippen LogP contribution in [0.4, 0.5) is 0 Å². The first-order valence-electron chi connectivity index (χ1n) is 15.9. The maximum Gasteiger partial charge on any atom is 0.316 e. The molecule has 5 aliphatic rings. The van der Waals surface area contributed by atoms with E-state index in [4.69, 9.17) is 18.9 Å². The lowest BCUT2D eigenvalue weighted by Gasteiger charge is -2.51. The van der Waals surface area contributed by atoms with Crippen LogP contribution in [0.25, 0.3) is 0 Å². The van der Waals surface area contributed by atoms with E-state index in [2.05, 4.69) is 20.8 Å². The summed E-state index contributed by atoms with van der Waals surface area (Å²) >= 11 is 0. The third-order valence-electron chi connectivity index (χ3n) is 10.5. The maximum absolute atomic E-state index is 14.0. The molecule has 3 fully saturated rings. The van der Waals surface area contributed by atoms with Crippen LogP contribution in [0.15, 0.2) is 47.1 Å². The van der Waals surface area contributed by atoms with Gasteiger partial charge < -0.3 is 34.3 Å². The van der Waals surface area contributed by atoms with Crippen molar-refractivity contribution in [2.45, 2.75) is 128 Å². The number of carbonyl (C=O) groups excluding carboxylic acids is 1. The van der Waals surface area contributed by atoms with Gasteiger partial charge in [0.1, 0.15) is 29.8 Å². The molecule has 4 heterocycles. The first kappa shape index (κ1) is 31.6. The third-order valence-corrected chi connectivity index (χ3v) is 10.5. The summed E-state index contributed by atoms with van der Waals surface area (Å²) in [7, 11) is 0. The zero-order valence-electron chi connectivity index (χ0n) is 26.0. The van der Waals surface area contributed by atoms with Crippen molar-refractivity contribution in [3.63, 3.8) is 0 Å². The van der Waals surface area contributed by atoms with Gasteiger partial charge in [0.05, 0.1) is 24.9 Å². The van der Waals surface area contributed by atoms with Gasteiger partial charge in [-0.2, -0.15) is 0 Å². The normalized spacial score (nSPS) is 47.4. The highest BCUT2D eigenvalue weighted by atomic mass is 16.7. The van der Waals surface area contributed by atoms with Gasteiger partial charge in [-0.15, -0.1) is 0 Å². The largest absolute Gasteiger partial charge is 0.462 e. The zero-order chi connectivity index (χ0) is 30.4. The Kier molecular flexibility index (Phi) is 9.25. The molecular weight excluding hydrogens is 536 g/mol. The van der Waals surface area contributed by atoms with Gasteiger partial charge in [-0.25, -0.2) is 0 Å². The van der Waals surface area contributed by atoms with Crippen molar-refractivity contribution < 1.29 is 39.1 Å². The summed E-state index contributed by atoms with van der Waals surface area (Å²) in [5, 5.41) is 34.0. The molecule has 4 aliphatic heterocycles. The van der Waals surface area contributed by atoms with Crippen molar-refractivity contribution in [2.24, 2.45) is 23.7 Å². The SMILES string of the molecule is CC[C@H](C)[C@H]1O[C@]2(CC[C@@H]1C)C[C@@H]1C[C@@H](CC=C(C)[C@@H](O)[C@@H](C)/C=C/C=C3\CO[C@@H]4[C@H](O)C(C)=C[C@@H](C(=O)O1)[C@]34O)O2. The summed E-state index contributed by atoms with van der Waals surface area (Å²) < 4.78 is 25.7. The monoisotopic (exact) mass is 586 g/mol. The summed E-state index contributed by atoms with van der Waals surface area (Å²) in [6.45, 7) is 12.3. The van der Waals surface area contributed by atoms with Crippen molar-refractivity contribution >= 4 is 5.97 Å². The number of hydrogen-bond acceptors (Lipinski definition) is 8. The van der Waals surface area contributed by atoms with Gasteiger partial charge in [-0.3, -0.25) is 4.79 Å². The topological polar surface area (TPSA) is 115 Å². The fourth-order valence-electron chi connectivity index (χ4n) is 7.55. The van der Waals surface area contributed by atoms with Crippen LogP contribution in [0, 0.1) is 23.7 Å². The van der Waals surface area contributed by atoms with E-state index >= 15 is 0 Å². The number of carbonyl (C=O) groups is 1. The first-order chi connectivity index (χ1) is 19.9. The number of fused-ring (bicyclic) bond motifs is 2. The lowest BCUT2D eigenvalue weighted by molar-refractivity contribution is -0.340. The number of aliphatic hydroxyl groups excluding tert-OH is 2. The summed E-state index contributed by atoms with van der Waals surface area (Å²) in [6, 6.07) is 0. The molecule has 0 radical (unpaired) electrons. The Morgan fingerprint density at radius 2 is 1.86 bits per heavy atom. The number of allylic oxidation sites excluding steroid dienone is 2. The first-order valence-corrected chi connectivity index (χ1v) is 15.9.